The van der Waals surface area contributed by atoms with Crippen LogP contribution in [0.2, 0.25) is 0 Å². The van der Waals surface area contributed by atoms with Gasteiger partial charge in [0.15, 0.2) is 6.10 Å². The van der Waals surface area contributed by atoms with Crippen LogP contribution in [-0.4, -0.2) is 34.9 Å². The SMILES string of the molecule is COc1ccccc1NC(=O)[C@H](C)OC(=O)/C=C/c1c(C)nn(C)c1C. The van der Waals surface area contributed by atoms with E-state index in [1.807, 2.05) is 20.9 Å². The molecular formula is C19H23N3O4. The minimum Gasteiger partial charge on any atom is -0.495 e. The van der Waals surface area contributed by atoms with Gasteiger partial charge in [-0.15, -0.1) is 0 Å². The molecule has 7 heteroatoms. The summed E-state index contributed by atoms with van der Waals surface area (Å²) < 4.78 is 12.1. The quantitative estimate of drug-likeness (QED) is 0.635. The number of benzene rings is 1. The van der Waals surface area contributed by atoms with Crippen molar-refractivity contribution in [3.05, 3.63) is 47.3 Å². The van der Waals surface area contributed by atoms with Crippen molar-refractivity contribution in [2.24, 2.45) is 7.05 Å². The fraction of sp³-hybridized carbons (Fsp3) is 0.316. The number of ether oxygens (including phenoxy) is 2. The molecule has 0 bridgehead atoms. The van der Waals surface area contributed by atoms with Crippen LogP contribution in [0.1, 0.15) is 23.9 Å². The second-order valence-corrected chi connectivity index (χ2v) is 5.81. The number of para-hydroxylation sites is 2. The lowest BCUT2D eigenvalue weighted by atomic mass is 10.2. The summed E-state index contributed by atoms with van der Waals surface area (Å²) in [6, 6.07) is 7.01. The molecule has 0 aliphatic rings. The maximum atomic E-state index is 12.2. The standard InChI is InChI=1S/C19H23N3O4/c1-12-15(13(2)22(4)21-12)10-11-18(23)26-14(3)19(24)20-16-8-6-7-9-17(16)25-5/h6-11,14H,1-5H3,(H,20,24)/b11-10+/t14-/m0/s1. The molecule has 0 fully saturated rings. The van der Waals surface area contributed by atoms with Gasteiger partial charge < -0.3 is 14.8 Å². The Kier molecular flexibility index (Phi) is 6.16. The van der Waals surface area contributed by atoms with E-state index in [2.05, 4.69) is 10.4 Å². The molecule has 2 rings (SSSR count). The summed E-state index contributed by atoms with van der Waals surface area (Å²) in [5.74, 6) is -0.512. The Morgan fingerprint density at radius 3 is 2.58 bits per heavy atom. The maximum absolute atomic E-state index is 12.2. The molecule has 0 spiro atoms. The molecule has 0 saturated carbocycles. The van der Waals surface area contributed by atoms with Crippen molar-refractivity contribution in [1.82, 2.24) is 9.78 Å². The zero-order chi connectivity index (χ0) is 19.3. The zero-order valence-corrected chi connectivity index (χ0v) is 15.6. The Balaban J connectivity index is 1.98. The molecule has 1 N–H and O–H groups in total. The van der Waals surface area contributed by atoms with Crippen molar-refractivity contribution < 1.29 is 19.1 Å². The number of esters is 1. The molecule has 26 heavy (non-hydrogen) atoms. The second kappa shape index (κ2) is 8.33. The van der Waals surface area contributed by atoms with E-state index in [0.29, 0.717) is 11.4 Å². The lowest BCUT2D eigenvalue weighted by Crippen LogP contribution is -2.29. The number of hydrogen-bond donors (Lipinski definition) is 1. The van der Waals surface area contributed by atoms with E-state index in [9.17, 15) is 9.59 Å². The molecule has 1 atom stereocenters. The van der Waals surface area contributed by atoms with Crippen LogP contribution >= 0.6 is 0 Å². The van der Waals surface area contributed by atoms with E-state index in [1.165, 1.54) is 20.1 Å². The van der Waals surface area contributed by atoms with E-state index in [-0.39, 0.29) is 0 Å². The van der Waals surface area contributed by atoms with E-state index < -0.39 is 18.0 Å². The molecule has 138 valence electrons. The molecule has 1 aromatic carbocycles. The summed E-state index contributed by atoms with van der Waals surface area (Å²) in [6.45, 7) is 5.28. The third kappa shape index (κ3) is 4.50. The number of hydrogen-bond acceptors (Lipinski definition) is 5. The predicted octanol–water partition coefficient (Wildman–Crippen LogP) is 2.63. The van der Waals surface area contributed by atoms with Gasteiger partial charge in [-0.1, -0.05) is 12.1 Å². The fourth-order valence-corrected chi connectivity index (χ4v) is 2.43. The number of amides is 1. The molecular weight excluding hydrogens is 334 g/mol. The minimum atomic E-state index is -0.951. The number of rotatable bonds is 6. The first kappa shape index (κ1) is 19.2. The monoisotopic (exact) mass is 357 g/mol. The van der Waals surface area contributed by atoms with Crippen molar-refractivity contribution >= 4 is 23.6 Å². The Hall–Kier alpha value is -3.09. The third-order valence-electron chi connectivity index (χ3n) is 3.98. The molecule has 7 nitrogen and oxygen atoms in total. The van der Waals surface area contributed by atoms with E-state index >= 15 is 0 Å². The highest BCUT2D eigenvalue weighted by molar-refractivity contribution is 5.97. The fourth-order valence-electron chi connectivity index (χ4n) is 2.43. The van der Waals surface area contributed by atoms with Crippen LogP contribution in [0.25, 0.3) is 6.08 Å². The van der Waals surface area contributed by atoms with Crippen LogP contribution in [0.15, 0.2) is 30.3 Å². The Labute approximate surface area is 152 Å². The number of methoxy groups -OCH3 is 1. The van der Waals surface area contributed by atoms with Crippen molar-refractivity contribution in [1.29, 1.82) is 0 Å². The summed E-state index contributed by atoms with van der Waals surface area (Å²) in [7, 11) is 3.35. The topological polar surface area (TPSA) is 82.4 Å². The van der Waals surface area contributed by atoms with Gasteiger partial charge >= 0.3 is 5.97 Å². The summed E-state index contributed by atoms with van der Waals surface area (Å²) in [4.78, 5) is 24.2. The third-order valence-corrected chi connectivity index (χ3v) is 3.98. The highest BCUT2D eigenvalue weighted by Crippen LogP contribution is 2.23. The lowest BCUT2D eigenvalue weighted by Gasteiger charge is -2.14. The number of carbonyl (C=O) groups is 2. The first-order valence-corrected chi connectivity index (χ1v) is 8.16. The maximum Gasteiger partial charge on any atom is 0.331 e. The van der Waals surface area contributed by atoms with Gasteiger partial charge in [0.1, 0.15) is 5.75 Å². The van der Waals surface area contributed by atoms with Crippen LogP contribution in [0.4, 0.5) is 5.69 Å². The Morgan fingerprint density at radius 2 is 1.96 bits per heavy atom. The molecule has 1 heterocycles. The van der Waals surface area contributed by atoms with Crippen molar-refractivity contribution in [2.75, 3.05) is 12.4 Å². The average molecular weight is 357 g/mol. The Morgan fingerprint density at radius 1 is 1.27 bits per heavy atom. The largest absolute Gasteiger partial charge is 0.495 e. The molecule has 0 aliphatic heterocycles. The normalized spacial score (nSPS) is 12.0. The van der Waals surface area contributed by atoms with Gasteiger partial charge in [-0.3, -0.25) is 9.48 Å². The zero-order valence-electron chi connectivity index (χ0n) is 15.6. The first-order chi connectivity index (χ1) is 12.3. The first-order valence-electron chi connectivity index (χ1n) is 8.16. The van der Waals surface area contributed by atoms with Gasteiger partial charge in [-0.05, 0) is 39.0 Å². The van der Waals surface area contributed by atoms with Crippen LogP contribution in [-0.2, 0) is 21.4 Å². The van der Waals surface area contributed by atoms with Gasteiger partial charge in [-0.25, -0.2) is 4.79 Å². The number of carbonyl (C=O) groups excluding carboxylic acids is 2. The highest BCUT2D eigenvalue weighted by Gasteiger charge is 2.18. The van der Waals surface area contributed by atoms with Gasteiger partial charge in [-0.2, -0.15) is 5.10 Å². The van der Waals surface area contributed by atoms with Gasteiger partial charge in [0.05, 0.1) is 18.5 Å². The smallest absolute Gasteiger partial charge is 0.331 e. The van der Waals surface area contributed by atoms with Gasteiger partial charge in [0.2, 0.25) is 0 Å². The van der Waals surface area contributed by atoms with Crippen LogP contribution in [0.5, 0.6) is 5.75 Å². The van der Waals surface area contributed by atoms with Crippen molar-refractivity contribution in [3.63, 3.8) is 0 Å². The Bertz CT molecular complexity index is 839. The second-order valence-electron chi connectivity index (χ2n) is 5.81. The van der Waals surface area contributed by atoms with Gasteiger partial charge in [0, 0.05) is 24.4 Å². The molecule has 0 radical (unpaired) electrons. The summed E-state index contributed by atoms with van der Waals surface area (Å²) in [6.07, 6.45) is 1.99. The summed E-state index contributed by atoms with van der Waals surface area (Å²) >= 11 is 0. The van der Waals surface area contributed by atoms with E-state index in [0.717, 1.165) is 17.0 Å². The van der Waals surface area contributed by atoms with E-state index in [1.54, 1.807) is 35.0 Å². The number of anilines is 1. The average Bonchev–Trinajstić information content (AvgIpc) is 2.85. The number of aromatic nitrogens is 2. The van der Waals surface area contributed by atoms with Crippen LogP contribution in [0, 0.1) is 13.8 Å². The molecule has 1 amide bonds. The minimum absolute atomic E-state index is 0.440. The van der Waals surface area contributed by atoms with E-state index in [4.69, 9.17) is 9.47 Å². The van der Waals surface area contributed by atoms with Gasteiger partial charge in [0.25, 0.3) is 5.91 Å². The summed E-state index contributed by atoms with van der Waals surface area (Å²) in [5, 5.41) is 6.96. The molecule has 0 saturated heterocycles. The summed E-state index contributed by atoms with van der Waals surface area (Å²) in [5.41, 5.74) is 3.13. The number of nitrogens with one attached hydrogen (secondary N) is 1. The molecule has 0 aliphatic carbocycles. The van der Waals surface area contributed by atoms with Crippen LogP contribution < -0.4 is 10.1 Å². The molecule has 1 aromatic heterocycles. The lowest BCUT2D eigenvalue weighted by molar-refractivity contribution is -0.148. The van der Waals surface area contributed by atoms with Crippen LogP contribution in [0.3, 0.4) is 0 Å². The highest BCUT2D eigenvalue weighted by atomic mass is 16.5. The number of aryl methyl sites for hydroxylation is 2. The molecule has 2 aromatic rings. The molecule has 0 unspecified atom stereocenters. The number of nitrogens with zero attached hydrogens (tertiary/aromatic N) is 2. The predicted molar refractivity (Wildman–Crippen MR) is 98.9 cm³/mol. The van der Waals surface area contributed by atoms with Crippen molar-refractivity contribution in [2.45, 2.75) is 26.9 Å². The van der Waals surface area contributed by atoms with Crippen molar-refractivity contribution in [3.8, 4) is 5.75 Å².